The molecular weight excluding hydrogens is 344 g/mol. The van der Waals surface area contributed by atoms with Crippen LogP contribution in [0, 0.1) is 0 Å². The zero-order valence-corrected chi connectivity index (χ0v) is 14.7. The molecule has 2 aromatic rings. The predicted octanol–water partition coefficient (Wildman–Crippen LogP) is 5.28. The molecule has 1 aliphatic rings. The van der Waals surface area contributed by atoms with Crippen LogP contribution in [0.25, 0.3) is 0 Å². The van der Waals surface area contributed by atoms with Crippen molar-refractivity contribution < 1.29 is 0 Å². The van der Waals surface area contributed by atoms with Crippen LogP contribution in [0.2, 0.25) is 0 Å². The number of nitrogens with one attached hydrogen (secondary N) is 1. The first kappa shape index (κ1) is 15.1. The molecular formula is C17H21BrN2S. The van der Waals surface area contributed by atoms with E-state index in [-0.39, 0.29) is 0 Å². The zero-order valence-electron chi connectivity index (χ0n) is 12.3. The van der Waals surface area contributed by atoms with Gasteiger partial charge in [-0.3, -0.25) is 4.90 Å². The SMILES string of the molecule is CC(Nc1ccc(CN2CCCC2)cc1)c1ccc(Br)s1. The predicted molar refractivity (Wildman–Crippen MR) is 95.0 cm³/mol. The maximum Gasteiger partial charge on any atom is 0.0702 e. The minimum absolute atomic E-state index is 0.339. The summed E-state index contributed by atoms with van der Waals surface area (Å²) in [7, 11) is 0. The van der Waals surface area contributed by atoms with Crippen LogP contribution in [-0.4, -0.2) is 18.0 Å². The summed E-state index contributed by atoms with van der Waals surface area (Å²) >= 11 is 5.31. The van der Waals surface area contributed by atoms with Gasteiger partial charge in [0.25, 0.3) is 0 Å². The summed E-state index contributed by atoms with van der Waals surface area (Å²) in [5, 5.41) is 3.57. The van der Waals surface area contributed by atoms with E-state index in [1.807, 2.05) is 0 Å². The van der Waals surface area contributed by atoms with Crippen LogP contribution in [0.3, 0.4) is 0 Å². The Morgan fingerprint density at radius 1 is 1.14 bits per heavy atom. The molecule has 0 radical (unpaired) electrons. The van der Waals surface area contributed by atoms with Crippen molar-refractivity contribution in [3.63, 3.8) is 0 Å². The van der Waals surface area contributed by atoms with Crippen LogP contribution < -0.4 is 5.32 Å². The van der Waals surface area contributed by atoms with Gasteiger partial charge in [-0.1, -0.05) is 12.1 Å². The van der Waals surface area contributed by atoms with Gasteiger partial charge >= 0.3 is 0 Å². The van der Waals surface area contributed by atoms with E-state index in [1.54, 1.807) is 11.3 Å². The average molecular weight is 365 g/mol. The second-order valence-electron chi connectivity index (χ2n) is 5.69. The molecule has 0 spiro atoms. The highest BCUT2D eigenvalue weighted by molar-refractivity contribution is 9.11. The highest BCUT2D eigenvalue weighted by Gasteiger charge is 2.12. The molecule has 1 unspecified atom stereocenters. The molecule has 112 valence electrons. The molecule has 1 N–H and O–H groups in total. The Kier molecular flexibility index (Phi) is 4.99. The molecule has 4 heteroatoms. The molecule has 1 aromatic carbocycles. The number of hydrogen-bond acceptors (Lipinski definition) is 3. The fraction of sp³-hybridized carbons (Fsp3) is 0.412. The van der Waals surface area contributed by atoms with Crippen LogP contribution in [0.15, 0.2) is 40.2 Å². The maximum atomic E-state index is 3.57. The molecule has 2 nitrogen and oxygen atoms in total. The third-order valence-electron chi connectivity index (χ3n) is 3.96. The summed E-state index contributed by atoms with van der Waals surface area (Å²) in [5.74, 6) is 0. The van der Waals surface area contributed by atoms with Gasteiger partial charge in [0.2, 0.25) is 0 Å². The van der Waals surface area contributed by atoms with Crippen molar-refractivity contribution in [2.45, 2.75) is 32.4 Å². The number of anilines is 1. The molecule has 2 heterocycles. The summed E-state index contributed by atoms with van der Waals surface area (Å²) in [6, 6.07) is 13.5. The van der Waals surface area contributed by atoms with Crippen molar-refractivity contribution in [2.75, 3.05) is 18.4 Å². The van der Waals surface area contributed by atoms with Gasteiger partial charge in [0.05, 0.1) is 9.83 Å². The first-order valence-electron chi connectivity index (χ1n) is 7.54. The summed E-state index contributed by atoms with van der Waals surface area (Å²) in [4.78, 5) is 3.89. The van der Waals surface area contributed by atoms with E-state index in [2.05, 4.69) is 69.5 Å². The Morgan fingerprint density at radius 2 is 1.86 bits per heavy atom. The van der Waals surface area contributed by atoms with Crippen LogP contribution >= 0.6 is 27.3 Å². The zero-order chi connectivity index (χ0) is 14.7. The number of likely N-dealkylation sites (tertiary alicyclic amines) is 1. The molecule has 1 saturated heterocycles. The van der Waals surface area contributed by atoms with Gasteiger partial charge in [-0.15, -0.1) is 11.3 Å². The van der Waals surface area contributed by atoms with E-state index in [9.17, 15) is 0 Å². The molecule has 0 saturated carbocycles. The quantitative estimate of drug-likeness (QED) is 0.776. The first-order chi connectivity index (χ1) is 10.2. The molecule has 1 fully saturated rings. The van der Waals surface area contributed by atoms with Crippen LogP contribution in [0.5, 0.6) is 0 Å². The summed E-state index contributed by atoms with van der Waals surface area (Å²) in [5.41, 5.74) is 2.60. The Labute approximate surface area is 139 Å². The Hall–Kier alpha value is -0.840. The third-order valence-corrected chi connectivity index (χ3v) is 5.77. The number of benzene rings is 1. The topological polar surface area (TPSA) is 15.3 Å². The second kappa shape index (κ2) is 6.95. The largest absolute Gasteiger partial charge is 0.378 e. The van der Waals surface area contributed by atoms with Gasteiger partial charge in [0.1, 0.15) is 0 Å². The standard InChI is InChI=1S/C17H21BrN2S/c1-13(16-8-9-17(18)21-16)19-15-6-4-14(5-7-15)12-20-10-2-3-11-20/h4-9,13,19H,2-3,10-12H2,1H3. The van der Waals surface area contributed by atoms with E-state index in [4.69, 9.17) is 0 Å². The third kappa shape index (κ3) is 4.09. The van der Waals surface area contributed by atoms with Gasteiger partial charge < -0.3 is 5.32 Å². The summed E-state index contributed by atoms with van der Waals surface area (Å²) in [6.45, 7) is 5.80. The minimum atomic E-state index is 0.339. The van der Waals surface area contributed by atoms with Gasteiger partial charge in [-0.25, -0.2) is 0 Å². The Bertz CT molecular complexity index is 573. The van der Waals surface area contributed by atoms with Crippen molar-refractivity contribution in [3.8, 4) is 0 Å². The van der Waals surface area contributed by atoms with Gasteiger partial charge in [0, 0.05) is 17.1 Å². The van der Waals surface area contributed by atoms with Crippen molar-refractivity contribution in [2.24, 2.45) is 0 Å². The Balaban J connectivity index is 1.58. The normalized spacial score (nSPS) is 17.0. The van der Waals surface area contributed by atoms with Crippen molar-refractivity contribution in [1.82, 2.24) is 4.90 Å². The van der Waals surface area contributed by atoms with Crippen molar-refractivity contribution in [3.05, 3.63) is 50.6 Å². The lowest BCUT2D eigenvalue weighted by Gasteiger charge is -2.16. The lowest BCUT2D eigenvalue weighted by atomic mass is 10.2. The average Bonchev–Trinajstić information content (AvgIpc) is 3.12. The lowest BCUT2D eigenvalue weighted by Crippen LogP contribution is -2.18. The first-order valence-corrected chi connectivity index (χ1v) is 9.15. The highest BCUT2D eigenvalue weighted by atomic mass is 79.9. The number of rotatable bonds is 5. The van der Waals surface area contributed by atoms with Crippen LogP contribution in [0.4, 0.5) is 5.69 Å². The van der Waals surface area contributed by atoms with Crippen LogP contribution in [0.1, 0.15) is 36.2 Å². The summed E-state index contributed by atoms with van der Waals surface area (Å²) < 4.78 is 1.19. The van der Waals surface area contributed by atoms with E-state index < -0.39 is 0 Å². The smallest absolute Gasteiger partial charge is 0.0702 e. The van der Waals surface area contributed by atoms with E-state index in [1.165, 1.54) is 45.8 Å². The van der Waals surface area contributed by atoms with Crippen LogP contribution in [-0.2, 0) is 6.54 Å². The molecule has 3 rings (SSSR count). The lowest BCUT2D eigenvalue weighted by molar-refractivity contribution is 0.331. The number of nitrogens with zero attached hydrogens (tertiary/aromatic N) is 1. The summed E-state index contributed by atoms with van der Waals surface area (Å²) in [6.07, 6.45) is 2.71. The van der Waals surface area contributed by atoms with Crippen molar-refractivity contribution in [1.29, 1.82) is 0 Å². The molecule has 1 aliphatic heterocycles. The molecule has 1 atom stereocenters. The number of hydrogen-bond donors (Lipinski definition) is 1. The molecule has 0 bridgehead atoms. The fourth-order valence-electron chi connectivity index (χ4n) is 2.79. The molecule has 0 amide bonds. The molecule has 0 aliphatic carbocycles. The second-order valence-corrected chi connectivity index (χ2v) is 8.18. The van der Waals surface area contributed by atoms with E-state index in [0.717, 1.165) is 6.54 Å². The fourth-order valence-corrected chi connectivity index (χ4v) is 4.21. The van der Waals surface area contributed by atoms with Crippen molar-refractivity contribution >= 4 is 33.0 Å². The van der Waals surface area contributed by atoms with Gasteiger partial charge in [-0.05, 0) is 78.6 Å². The van der Waals surface area contributed by atoms with E-state index in [0.29, 0.717) is 6.04 Å². The van der Waals surface area contributed by atoms with Gasteiger partial charge in [-0.2, -0.15) is 0 Å². The Morgan fingerprint density at radius 3 is 2.48 bits per heavy atom. The number of halogens is 1. The molecule has 21 heavy (non-hydrogen) atoms. The number of thiophene rings is 1. The monoisotopic (exact) mass is 364 g/mol. The van der Waals surface area contributed by atoms with E-state index >= 15 is 0 Å². The minimum Gasteiger partial charge on any atom is -0.378 e. The molecule has 1 aromatic heterocycles. The highest BCUT2D eigenvalue weighted by Crippen LogP contribution is 2.29. The maximum absolute atomic E-state index is 3.57. The van der Waals surface area contributed by atoms with Gasteiger partial charge in [0.15, 0.2) is 0 Å².